The molecule has 0 aromatic carbocycles. The Balaban J connectivity index is 4.39. The molecule has 0 spiro atoms. The van der Waals surface area contributed by atoms with Crippen molar-refractivity contribution < 1.29 is 28.6 Å². The van der Waals surface area contributed by atoms with E-state index in [9.17, 15) is 14.4 Å². The van der Waals surface area contributed by atoms with Gasteiger partial charge in [0.2, 0.25) is 0 Å². The van der Waals surface area contributed by atoms with Crippen molar-refractivity contribution in [3.63, 3.8) is 0 Å². The molecule has 0 rings (SSSR count). The highest BCUT2D eigenvalue weighted by Crippen LogP contribution is 2.17. The summed E-state index contributed by atoms with van der Waals surface area (Å²) in [4.78, 5) is 38.5. The Kier molecular flexibility index (Phi) is 65.2. The first-order valence-electron chi connectivity index (χ1n) is 34.4. The van der Waals surface area contributed by atoms with Gasteiger partial charge < -0.3 is 14.2 Å². The minimum atomic E-state index is -0.791. The molecule has 0 N–H and O–H groups in total. The van der Waals surface area contributed by atoms with Crippen LogP contribution in [0, 0.1) is 0 Å². The largest absolute Gasteiger partial charge is 0.462 e. The first-order valence-corrected chi connectivity index (χ1v) is 34.4. The number of hydrogen-bond donors (Lipinski definition) is 0. The highest BCUT2D eigenvalue weighted by Gasteiger charge is 2.19. The maximum atomic E-state index is 13.0. The van der Waals surface area contributed by atoms with Crippen LogP contribution in [0.15, 0.2) is 109 Å². The first kappa shape index (κ1) is 77.1. The molecule has 0 aliphatic heterocycles. The van der Waals surface area contributed by atoms with Gasteiger partial charge in [-0.15, -0.1) is 0 Å². The molecule has 0 aromatic rings. The lowest BCUT2D eigenvalue weighted by Gasteiger charge is -2.18. The van der Waals surface area contributed by atoms with Crippen LogP contribution in [0.25, 0.3) is 0 Å². The molecule has 6 nitrogen and oxygen atoms in total. The lowest BCUT2D eigenvalue weighted by molar-refractivity contribution is -0.167. The van der Waals surface area contributed by atoms with Crippen molar-refractivity contribution in [2.45, 2.75) is 335 Å². The van der Waals surface area contributed by atoms with Crippen molar-refractivity contribution in [3.8, 4) is 0 Å². The van der Waals surface area contributed by atoms with Crippen LogP contribution in [0.5, 0.6) is 0 Å². The van der Waals surface area contributed by atoms with E-state index >= 15 is 0 Å². The average Bonchev–Trinajstić information content (AvgIpc) is 3.47. The van der Waals surface area contributed by atoms with Crippen LogP contribution in [-0.4, -0.2) is 37.2 Å². The third kappa shape index (κ3) is 66.8. The number of hydrogen-bond acceptors (Lipinski definition) is 6. The summed E-state index contributed by atoms with van der Waals surface area (Å²) in [6.07, 6.45) is 93.8. The molecule has 6 heteroatoms. The molecule has 0 aromatic heterocycles. The Morgan fingerprint density at radius 1 is 0.259 bits per heavy atom. The molecule has 1 unspecified atom stereocenters. The summed E-state index contributed by atoms with van der Waals surface area (Å²) >= 11 is 0. The Labute approximate surface area is 501 Å². The zero-order valence-corrected chi connectivity index (χ0v) is 53.3. The van der Waals surface area contributed by atoms with Crippen molar-refractivity contribution in [1.82, 2.24) is 0 Å². The van der Waals surface area contributed by atoms with Gasteiger partial charge in [-0.3, -0.25) is 14.4 Å². The minimum absolute atomic E-state index is 0.0840. The minimum Gasteiger partial charge on any atom is -0.462 e. The molecule has 0 saturated carbocycles. The summed E-state index contributed by atoms with van der Waals surface area (Å²) in [7, 11) is 0. The molecule has 1 atom stereocenters. The highest BCUT2D eigenvalue weighted by molar-refractivity contribution is 5.71. The number of esters is 3. The molecule has 0 aliphatic rings. The van der Waals surface area contributed by atoms with Crippen molar-refractivity contribution in [3.05, 3.63) is 109 Å². The van der Waals surface area contributed by atoms with Crippen LogP contribution in [0.4, 0.5) is 0 Å². The van der Waals surface area contributed by atoms with Gasteiger partial charge in [0.05, 0.1) is 0 Å². The SMILES string of the molecule is CC/C=C\C/C=C\C/C=C\C/C=C\C/C=C\CCCCCCCC(=O)OC(COC(=O)CCCCCCCCCCCCCC/C=C\C/C=C\C/C=C\C/C=C\CC)COC(=O)CCCCCCCCCCCCCCCCCCC. The molecule has 81 heavy (non-hydrogen) atoms. The average molecular weight is 1130 g/mol. The fraction of sp³-hybridized carbons (Fsp3) is 0.720. The number of carbonyl (C=O) groups excluding carboxylic acids is 3. The molecule has 0 fully saturated rings. The van der Waals surface area contributed by atoms with Gasteiger partial charge in [0, 0.05) is 19.3 Å². The fourth-order valence-electron chi connectivity index (χ4n) is 9.70. The number of ether oxygens (including phenoxy) is 3. The zero-order valence-electron chi connectivity index (χ0n) is 53.3. The Morgan fingerprint density at radius 2 is 0.481 bits per heavy atom. The van der Waals surface area contributed by atoms with E-state index in [0.29, 0.717) is 19.3 Å². The van der Waals surface area contributed by atoms with Crippen molar-refractivity contribution in [2.24, 2.45) is 0 Å². The summed E-state index contributed by atoms with van der Waals surface area (Å²) in [5.41, 5.74) is 0. The van der Waals surface area contributed by atoms with Gasteiger partial charge in [-0.05, 0) is 103 Å². The van der Waals surface area contributed by atoms with Gasteiger partial charge in [0.25, 0.3) is 0 Å². The van der Waals surface area contributed by atoms with E-state index in [1.54, 1.807) is 0 Å². The lowest BCUT2D eigenvalue weighted by atomic mass is 10.0. The fourth-order valence-corrected chi connectivity index (χ4v) is 9.70. The third-order valence-corrected chi connectivity index (χ3v) is 14.8. The second-order valence-corrected chi connectivity index (χ2v) is 22.7. The van der Waals surface area contributed by atoms with Crippen LogP contribution in [-0.2, 0) is 28.6 Å². The third-order valence-electron chi connectivity index (χ3n) is 14.8. The second-order valence-electron chi connectivity index (χ2n) is 22.7. The van der Waals surface area contributed by atoms with Crippen LogP contribution in [0.3, 0.4) is 0 Å². The van der Waals surface area contributed by atoms with Crippen molar-refractivity contribution >= 4 is 17.9 Å². The Hall–Kier alpha value is -3.93. The maximum Gasteiger partial charge on any atom is 0.306 e. The van der Waals surface area contributed by atoms with Crippen molar-refractivity contribution in [1.29, 1.82) is 0 Å². The Morgan fingerprint density at radius 3 is 0.753 bits per heavy atom. The summed E-state index contributed by atoms with van der Waals surface area (Å²) in [5.74, 6) is -0.890. The maximum absolute atomic E-state index is 13.0. The van der Waals surface area contributed by atoms with Crippen molar-refractivity contribution in [2.75, 3.05) is 13.2 Å². The van der Waals surface area contributed by atoms with Gasteiger partial charge >= 0.3 is 17.9 Å². The molecule has 0 saturated heterocycles. The van der Waals surface area contributed by atoms with E-state index in [-0.39, 0.29) is 31.1 Å². The summed E-state index contributed by atoms with van der Waals surface area (Å²) < 4.78 is 17.0. The predicted molar refractivity (Wildman–Crippen MR) is 353 cm³/mol. The van der Waals surface area contributed by atoms with E-state index < -0.39 is 6.10 Å². The molecular formula is C75H128O6. The van der Waals surface area contributed by atoms with Gasteiger partial charge in [-0.2, -0.15) is 0 Å². The normalized spacial score (nSPS) is 12.8. The quantitative estimate of drug-likeness (QED) is 0.0261. The van der Waals surface area contributed by atoms with Crippen LogP contribution in [0.2, 0.25) is 0 Å². The van der Waals surface area contributed by atoms with E-state index in [4.69, 9.17) is 14.2 Å². The van der Waals surface area contributed by atoms with Gasteiger partial charge in [-0.25, -0.2) is 0 Å². The van der Waals surface area contributed by atoms with Gasteiger partial charge in [0.15, 0.2) is 6.10 Å². The van der Waals surface area contributed by atoms with Crippen LogP contribution >= 0.6 is 0 Å². The summed E-state index contributed by atoms with van der Waals surface area (Å²) in [6, 6.07) is 0. The predicted octanol–water partition coefficient (Wildman–Crippen LogP) is 23.8. The van der Waals surface area contributed by atoms with E-state index in [2.05, 4.69) is 130 Å². The topological polar surface area (TPSA) is 78.9 Å². The lowest BCUT2D eigenvalue weighted by Crippen LogP contribution is -2.30. The molecule has 464 valence electrons. The summed E-state index contributed by atoms with van der Waals surface area (Å²) in [5, 5.41) is 0. The van der Waals surface area contributed by atoms with E-state index in [1.807, 2.05) is 0 Å². The number of allylic oxidation sites excluding steroid dienone is 18. The zero-order chi connectivity index (χ0) is 58.5. The summed E-state index contributed by atoms with van der Waals surface area (Å²) in [6.45, 7) is 6.44. The second kappa shape index (κ2) is 68.6. The molecule has 0 radical (unpaired) electrons. The van der Waals surface area contributed by atoms with Crippen LogP contribution in [0.1, 0.15) is 329 Å². The van der Waals surface area contributed by atoms with E-state index in [1.165, 1.54) is 154 Å². The van der Waals surface area contributed by atoms with Crippen LogP contribution < -0.4 is 0 Å². The Bertz CT molecular complexity index is 1620. The molecule has 0 amide bonds. The monoisotopic (exact) mass is 1120 g/mol. The number of carbonyl (C=O) groups is 3. The number of unbranched alkanes of at least 4 members (excludes halogenated alkanes) is 33. The van der Waals surface area contributed by atoms with Gasteiger partial charge in [-0.1, -0.05) is 316 Å². The van der Waals surface area contributed by atoms with E-state index in [0.717, 1.165) is 135 Å². The molecular weight excluding hydrogens is 997 g/mol. The first-order chi connectivity index (χ1) is 40.0. The smallest absolute Gasteiger partial charge is 0.306 e. The molecule has 0 aliphatic carbocycles. The molecule has 0 heterocycles. The molecule has 0 bridgehead atoms. The number of rotatable bonds is 62. The standard InChI is InChI=1S/C75H128O6/c1-4-7-10-13-16-19-22-25-28-31-33-35-36-37-38-40-41-44-47-50-53-56-59-62-65-68-74(77)80-71-72(70-79-73(76)67-64-61-58-55-52-49-46-43-30-27-24-21-18-15-12-9-6-3)81-75(78)69-66-63-60-57-54-51-48-45-42-39-34-32-29-26-23-20-17-14-11-8-5-2/h7-8,10-11,16-17,19-20,25-26,28-29,33-35,39,45,48,72H,4-6,9,12-15,18,21-24,27,30-32,36-38,40-44,46-47,49-71H2,1-3H3/b10-7-,11-8-,19-16-,20-17-,28-25-,29-26-,35-33-,39-34-,48-45-. The van der Waals surface area contributed by atoms with Gasteiger partial charge in [0.1, 0.15) is 13.2 Å². The highest BCUT2D eigenvalue weighted by atomic mass is 16.6.